The fourth-order valence-electron chi connectivity index (χ4n) is 3.77. The molecule has 0 aromatic heterocycles. The summed E-state index contributed by atoms with van der Waals surface area (Å²) in [5.74, 6) is -0.201. The van der Waals surface area contributed by atoms with E-state index in [0.717, 1.165) is 31.2 Å². The number of aromatic hydroxyl groups is 1. The maximum Gasteiger partial charge on any atom is 0.340 e. The number of allylic oxidation sites excluding steroid dienone is 4. The van der Waals surface area contributed by atoms with Crippen LogP contribution in [0.25, 0.3) is 0 Å². The number of benzene rings is 2. The van der Waals surface area contributed by atoms with E-state index < -0.39 is 5.97 Å². The van der Waals surface area contributed by atoms with Crippen LogP contribution in [-0.2, 0) is 16.0 Å². The van der Waals surface area contributed by atoms with Gasteiger partial charge < -0.3 is 25.2 Å². The minimum atomic E-state index is -0.515. The highest BCUT2D eigenvalue weighted by molar-refractivity contribution is 6.03. The van der Waals surface area contributed by atoms with Crippen LogP contribution in [0.5, 0.6) is 11.5 Å². The Kier molecular flexibility index (Phi) is 13.1. The minimum Gasteiger partial charge on any atom is -0.508 e. The van der Waals surface area contributed by atoms with Gasteiger partial charge in [0.25, 0.3) is 5.91 Å². The van der Waals surface area contributed by atoms with E-state index in [-0.39, 0.29) is 31.4 Å². The van der Waals surface area contributed by atoms with Gasteiger partial charge in [0.2, 0.25) is 0 Å². The number of carbonyl (C=O) groups excluding carboxylic acids is 2. The first-order valence-electron chi connectivity index (χ1n) is 13.3. The van der Waals surface area contributed by atoms with Gasteiger partial charge in [0.1, 0.15) is 18.1 Å². The third-order valence-electron chi connectivity index (χ3n) is 5.94. The number of carbonyl (C=O) groups is 2. The van der Waals surface area contributed by atoms with Gasteiger partial charge in [-0.3, -0.25) is 4.79 Å². The molecule has 0 aliphatic carbocycles. The molecular weight excluding hydrogens is 480 g/mol. The second kappa shape index (κ2) is 16.3. The second-order valence-electron chi connectivity index (χ2n) is 9.53. The van der Waals surface area contributed by atoms with E-state index in [1.807, 2.05) is 19.1 Å². The van der Waals surface area contributed by atoms with E-state index in [1.54, 1.807) is 23.1 Å². The number of phenols is 1. The molecule has 0 heterocycles. The summed E-state index contributed by atoms with van der Waals surface area (Å²) in [6.07, 6.45) is 8.73. The summed E-state index contributed by atoms with van der Waals surface area (Å²) in [5, 5.41) is 9.49. The zero-order valence-electron chi connectivity index (χ0n) is 23.2. The molecule has 0 saturated carbocycles. The summed E-state index contributed by atoms with van der Waals surface area (Å²) < 4.78 is 11.0. The molecule has 2 aromatic carbocycles. The number of nitrogens with zero attached hydrogens (tertiary/aromatic N) is 1. The predicted octanol–water partition coefficient (Wildman–Crippen LogP) is 5.96. The molecule has 0 atom stereocenters. The predicted molar refractivity (Wildman–Crippen MR) is 153 cm³/mol. The van der Waals surface area contributed by atoms with Gasteiger partial charge in [0, 0.05) is 13.1 Å². The molecule has 0 aliphatic rings. The maximum absolute atomic E-state index is 13.4. The van der Waals surface area contributed by atoms with Crippen LogP contribution in [0.1, 0.15) is 69.3 Å². The number of rotatable bonds is 15. The number of phenolic OH excluding ortho intramolecular Hbond substituents is 1. The molecule has 1 amide bonds. The number of amides is 1. The molecule has 0 spiro atoms. The number of hydrogen-bond donors (Lipinski definition) is 2. The maximum atomic E-state index is 13.4. The van der Waals surface area contributed by atoms with E-state index in [2.05, 4.69) is 32.9 Å². The van der Waals surface area contributed by atoms with Crippen LogP contribution in [-0.4, -0.2) is 43.3 Å². The number of unbranched alkanes of at least 4 members (excludes halogenated alkanes) is 1. The lowest BCUT2D eigenvalue weighted by molar-refractivity contribution is -0.120. The average molecular weight is 523 g/mol. The molecule has 0 unspecified atom stereocenters. The zero-order chi connectivity index (χ0) is 27.9. The fourth-order valence-corrected chi connectivity index (χ4v) is 3.77. The monoisotopic (exact) mass is 522 g/mol. The van der Waals surface area contributed by atoms with Crippen molar-refractivity contribution >= 4 is 17.6 Å². The Morgan fingerprint density at radius 1 is 1.05 bits per heavy atom. The van der Waals surface area contributed by atoms with Crippen molar-refractivity contribution in [1.29, 1.82) is 0 Å². The van der Waals surface area contributed by atoms with Gasteiger partial charge in [0.05, 0.1) is 11.3 Å². The van der Waals surface area contributed by atoms with Crippen molar-refractivity contribution < 1.29 is 24.2 Å². The Labute approximate surface area is 226 Å². The van der Waals surface area contributed by atoms with Gasteiger partial charge in [-0.05, 0) is 88.4 Å². The summed E-state index contributed by atoms with van der Waals surface area (Å²) in [6.45, 7) is 8.91. The molecule has 38 heavy (non-hydrogen) atoms. The number of ether oxygens (including phenoxy) is 2. The molecule has 7 nitrogen and oxygen atoms in total. The average Bonchev–Trinajstić information content (AvgIpc) is 2.90. The Bertz CT molecular complexity index is 1100. The van der Waals surface area contributed by atoms with Gasteiger partial charge in [-0.2, -0.15) is 0 Å². The lowest BCUT2D eigenvalue weighted by Gasteiger charge is -2.25. The van der Waals surface area contributed by atoms with E-state index in [4.69, 9.17) is 15.2 Å². The minimum absolute atomic E-state index is 0.0977. The van der Waals surface area contributed by atoms with E-state index in [9.17, 15) is 14.7 Å². The first-order chi connectivity index (χ1) is 18.2. The third kappa shape index (κ3) is 10.4. The number of esters is 1. The first-order valence-corrected chi connectivity index (χ1v) is 13.3. The van der Waals surface area contributed by atoms with Crippen molar-refractivity contribution in [3.63, 3.8) is 0 Å². The lowest BCUT2D eigenvalue weighted by Crippen LogP contribution is -2.37. The summed E-state index contributed by atoms with van der Waals surface area (Å²) in [4.78, 5) is 27.9. The van der Waals surface area contributed by atoms with E-state index in [0.29, 0.717) is 30.0 Å². The fraction of sp³-hybridized carbons (Fsp3) is 0.419. The summed E-state index contributed by atoms with van der Waals surface area (Å²) in [7, 11) is 0. The number of anilines is 1. The van der Waals surface area contributed by atoms with Crippen LogP contribution >= 0.6 is 0 Å². The van der Waals surface area contributed by atoms with Crippen LogP contribution < -0.4 is 15.4 Å². The summed E-state index contributed by atoms with van der Waals surface area (Å²) in [6, 6.07) is 11.7. The molecule has 0 aliphatic heterocycles. The largest absolute Gasteiger partial charge is 0.508 e. The number of hydrogen-bond acceptors (Lipinski definition) is 6. The van der Waals surface area contributed by atoms with Crippen molar-refractivity contribution in [1.82, 2.24) is 0 Å². The smallest absolute Gasteiger partial charge is 0.340 e. The topological polar surface area (TPSA) is 102 Å². The second-order valence-corrected chi connectivity index (χ2v) is 9.53. The Morgan fingerprint density at radius 2 is 1.79 bits per heavy atom. The third-order valence-corrected chi connectivity index (χ3v) is 5.94. The Morgan fingerprint density at radius 3 is 2.45 bits per heavy atom. The zero-order valence-corrected chi connectivity index (χ0v) is 23.2. The molecular formula is C31H42N2O5. The highest BCUT2D eigenvalue weighted by atomic mass is 16.5. The highest BCUT2D eigenvalue weighted by Crippen LogP contribution is 2.26. The van der Waals surface area contributed by atoms with Gasteiger partial charge in [-0.1, -0.05) is 42.7 Å². The quantitative estimate of drug-likeness (QED) is 0.221. The summed E-state index contributed by atoms with van der Waals surface area (Å²) in [5.41, 5.74) is 9.95. The molecule has 7 heteroatoms. The highest BCUT2D eigenvalue weighted by Gasteiger charge is 2.23. The van der Waals surface area contributed by atoms with E-state index in [1.165, 1.54) is 23.3 Å². The van der Waals surface area contributed by atoms with Crippen molar-refractivity contribution in [2.75, 3.05) is 31.2 Å². The standard InChI is InChI=1S/C31H42N2O5/c1-5-6-19-33(30(35)22-38-27-15-13-26(34)14-16-27)29-21-25(11-10-24(4)9-7-8-23(2)3)12-17-28(29)31(36)37-20-18-32/h8,10,12-17,21,34H,5-7,9,11,18-20,22,32H2,1-4H3/b24-10+. The van der Waals surface area contributed by atoms with Gasteiger partial charge in [-0.25, -0.2) is 4.79 Å². The molecule has 3 N–H and O–H groups in total. The molecule has 2 rings (SSSR count). The number of nitrogens with two attached hydrogens (primary N) is 1. The normalized spacial score (nSPS) is 11.1. The molecule has 0 fully saturated rings. The van der Waals surface area contributed by atoms with Crippen LogP contribution in [0.15, 0.2) is 65.8 Å². The first kappa shape index (κ1) is 30.6. The van der Waals surface area contributed by atoms with Crippen molar-refractivity contribution in [2.24, 2.45) is 5.73 Å². The van der Waals surface area contributed by atoms with Crippen LogP contribution in [0.3, 0.4) is 0 Å². The van der Waals surface area contributed by atoms with Crippen molar-refractivity contribution in [2.45, 2.75) is 59.8 Å². The van der Waals surface area contributed by atoms with Crippen LogP contribution in [0.2, 0.25) is 0 Å². The van der Waals surface area contributed by atoms with Crippen LogP contribution in [0, 0.1) is 0 Å². The molecule has 2 aromatic rings. The van der Waals surface area contributed by atoms with E-state index >= 15 is 0 Å². The lowest BCUT2D eigenvalue weighted by atomic mass is 10.0. The van der Waals surface area contributed by atoms with Crippen molar-refractivity contribution in [3.8, 4) is 11.5 Å². The molecule has 206 valence electrons. The SMILES string of the molecule is CCCCN(C(=O)COc1ccc(O)cc1)c1cc(C/C=C(\C)CCC=C(C)C)ccc1C(=O)OCCN. The molecule has 0 radical (unpaired) electrons. The van der Waals surface area contributed by atoms with Crippen LogP contribution in [0.4, 0.5) is 5.69 Å². The Hall–Kier alpha value is -3.58. The van der Waals surface area contributed by atoms with Gasteiger partial charge >= 0.3 is 5.97 Å². The van der Waals surface area contributed by atoms with Crippen molar-refractivity contribution in [3.05, 3.63) is 76.9 Å². The summed E-state index contributed by atoms with van der Waals surface area (Å²) >= 11 is 0. The van der Waals surface area contributed by atoms with Gasteiger partial charge in [0.15, 0.2) is 6.61 Å². The molecule has 0 bridgehead atoms. The Balaban J connectivity index is 2.33. The van der Waals surface area contributed by atoms with Gasteiger partial charge in [-0.15, -0.1) is 0 Å². The molecule has 0 saturated heterocycles.